The molecule has 0 saturated heterocycles. The van der Waals surface area contributed by atoms with Gasteiger partial charge in [0.15, 0.2) is 6.17 Å². The summed E-state index contributed by atoms with van der Waals surface area (Å²) in [5.74, 6) is -1.31. The molecule has 2 nitrogen and oxygen atoms in total. The maximum Gasteiger partial charge on any atom is 0.338 e. The molecular formula is C20H39FO2. The van der Waals surface area contributed by atoms with Crippen LogP contribution in [0.15, 0.2) is 0 Å². The molecule has 0 unspecified atom stereocenters. The molecular weight excluding hydrogens is 291 g/mol. The fourth-order valence-electron chi connectivity index (χ4n) is 3.00. The number of halogens is 1. The molecule has 0 aliphatic carbocycles. The molecule has 1 atom stereocenters. The van der Waals surface area contributed by atoms with Crippen molar-refractivity contribution in [3.63, 3.8) is 0 Å². The van der Waals surface area contributed by atoms with Gasteiger partial charge in [-0.25, -0.2) is 9.18 Å². The molecule has 0 heterocycles. The number of alkyl halides is 1. The monoisotopic (exact) mass is 330 g/mol. The van der Waals surface area contributed by atoms with Gasteiger partial charge in [-0.05, 0) is 12.8 Å². The summed E-state index contributed by atoms with van der Waals surface area (Å²) in [4.78, 5) is 10.3. The van der Waals surface area contributed by atoms with Crippen LogP contribution in [0.25, 0.3) is 0 Å². The standard InChI is InChI=1S/C20H39FO2/c1-2-3-4-5-6-7-8-9-10-11-12-13-14-15-16-17-18-19(21)20(22)23/h19H,2-18H2,1H3,(H,22,23)/t19-/m1/s1. The quantitative estimate of drug-likeness (QED) is 0.273. The number of unbranched alkanes of at least 4 members (excludes halogenated alkanes) is 15. The Morgan fingerprint density at radius 1 is 0.696 bits per heavy atom. The van der Waals surface area contributed by atoms with Crippen molar-refractivity contribution >= 4 is 5.97 Å². The van der Waals surface area contributed by atoms with Crippen LogP contribution in [0.2, 0.25) is 0 Å². The van der Waals surface area contributed by atoms with E-state index >= 15 is 0 Å². The average molecular weight is 331 g/mol. The van der Waals surface area contributed by atoms with E-state index in [9.17, 15) is 9.18 Å². The van der Waals surface area contributed by atoms with Crippen molar-refractivity contribution in [2.45, 2.75) is 122 Å². The van der Waals surface area contributed by atoms with Crippen molar-refractivity contribution in [2.75, 3.05) is 0 Å². The van der Waals surface area contributed by atoms with Crippen LogP contribution in [0.1, 0.15) is 116 Å². The summed E-state index contributed by atoms with van der Waals surface area (Å²) in [5, 5.41) is 8.43. The van der Waals surface area contributed by atoms with E-state index in [1.54, 1.807) is 0 Å². The molecule has 3 heteroatoms. The van der Waals surface area contributed by atoms with Crippen LogP contribution in [0.3, 0.4) is 0 Å². The molecule has 23 heavy (non-hydrogen) atoms. The molecule has 0 aromatic carbocycles. The van der Waals surface area contributed by atoms with Crippen LogP contribution in [0.5, 0.6) is 0 Å². The van der Waals surface area contributed by atoms with E-state index in [1.807, 2.05) is 0 Å². The Morgan fingerprint density at radius 3 is 1.30 bits per heavy atom. The van der Waals surface area contributed by atoms with Crippen LogP contribution in [0, 0.1) is 0 Å². The molecule has 138 valence electrons. The molecule has 0 bridgehead atoms. The van der Waals surface area contributed by atoms with E-state index in [4.69, 9.17) is 5.11 Å². The van der Waals surface area contributed by atoms with E-state index < -0.39 is 12.1 Å². The van der Waals surface area contributed by atoms with Gasteiger partial charge in [0.2, 0.25) is 0 Å². The summed E-state index contributed by atoms with van der Waals surface area (Å²) in [5.41, 5.74) is 0. The van der Waals surface area contributed by atoms with Gasteiger partial charge in [0, 0.05) is 0 Å². The largest absolute Gasteiger partial charge is 0.479 e. The first-order valence-electron chi connectivity index (χ1n) is 10.0. The average Bonchev–Trinajstić information content (AvgIpc) is 2.54. The van der Waals surface area contributed by atoms with Crippen molar-refractivity contribution in [1.82, 2.24) is 0 Å². The van der Waals surface area contributed by atoms with Gasteiger partial charge in [-0.1, -0.05) is 103 Å². The maximum atomic E-state index is 12.8. The Kier molecular flexibility index (Phi) is 17.3. The molecule has 0 radical (unpaired) electrons. The van der Waals surface area contributed by atoms with Gasteiger partial charge in [0.1, 0.15) is 0 Å². The number of aliphatic carboxylic acids is 1. The van der Waals surface area contributed by atoms with Crippen molar-refractivity contribution in [3.05, 3.63) is 0 Å². The first-order valence-corrected chi connectivity index (χ1v) is 10.0. The summed E-state index contributed by atoms with van der Waals surface area (Å²) in [6.07, 6.45) is 19.0. The first-order chi connectivity index (χ1) is 11.2. The molecule has 0 rings (SSSR count). The second-order valence-corrected chi connectivity index (χ2v) is 6.90. The molecule has 0 aliphatic rings. The van der Waals surface area contributed by atoms with Crippen LogP contribution >= 0.6 is 0 Å². The van der Waals surface area contributed by atoms with Crippen molar-refractivity contribution in [3.8, 4) is 0 Å². The van der Waals surface area contributed by atoms with Gasteiger partial charge >= 0.3 is 5.97 Å². The molecule has 0 saturated carbocycles. The van der Waals surface area contributed by atoms with E-state index in [1.165, 1.54) is 83.5 Å². The predicted molar refractivity (Wildman–Crippen MR) is 96.7 cm³/mol. The van der Waals surface area contributed by atoms with Crippen LogP contribution in [-0.4, -0.2) is 17.2 Å². The van der Waals surface area contributed by atoms with Gasteiger partial charge in [-0.3, -0.25) is 0 Å². The Balaban J connectivity index is 3.04. The zero-order valence-corrected chi connectivity index (χ0v) is 15.3. The Morgan fingerprint density at radius 2 is 1.00 bits per heavy atom. The molecule has 0 aromatic heterocycles. The van der Waals surface area contributed by atoms with Crippen molar-refractivity contribution < 1.29 is 14.3 Å². The summed E-state index contributed by atoms with van der Waals surface area (Å²) in [6.45, 7) is 2.26. The Hall–Kier alpha value is -0.600. The topological polar surface area (TPSA) is 37.3 Å². The fourth-order valence-corrected chi connectivity index (χ4v) is 3.00. The molecule has 0 spiro atoms. The van der Waals surface area contributed by atoms with Gasteiger partial charge in [-0.15, -0.1) is 0 Å². The zero-order chi connectivity index (χ0) is 17.2. The van der Waals surface area contributed by atoms with Crippen LogP contribution < -0.4 is 0 Å². The van der Waals surface area contributed by atoms with Crippen molar-refractivity contribution in [1.29, 1.82) is 0 Å². The number of hydrogen-bond donors (Lipinski definition) is 1. The minimum Gasteiger partial charge on any atom is -0.479 e. The highest BCUT2D eigenvalue weighted by molar-refractivity contribution is 5.71. The summed E-state index contributed by atoms with van der Waals surface area (Å²) < 4.78 is 12.8. The third-order valence-electron chi connectivity index (χ3n) is 4.58. The lowest BCUT2D eigenvalue weighted by atomic mass is 10.0. The fraction of sp³-hybridized carbons (Fsp3) is 0.950. The molecule has 0 aliphatic heterocycles. The van der Waals surface area contributed by atoms with E-state index in [-0.39, 0.29) is 6.42 Å². The third-order valence-corrected chi connectivity index (χ3v) is 4.58. The molecule has 0 amide bonds. The van der Waals surface area contributed by atoms with Gasteiger partial charge < -0.3 is 5.11 Å². The van der Waals surface area contributed by atoms with Gasteiger partial charge in [0.05, 0.1) is 0 Å². The lowest BCUT2D eigenvalue weighted by Gasteiger charge is -2.04. The van der Waals surface area contributed by atoms with Crippen LogP contribution in [0.4, 0.5) is 4.39 Å². The number of rotatable bonds is 18. The highest BCUT2D eigenvalue weighted by atomic mass is 19.1. The second kappa shape index (κ2) is 17.7. The van der Waals surface area contributed by atoms with E-state index in [0.717, 1.165) is 12.8 Å². The van der Waals surface area contributed by atoms with Crippen molar-refractivity contribution in [2.24, 2.45) is 0 Å². The van der Waals surface area contributed by atoms with E-state index in [2.05, 4.69) is 6.92 Å². The Labute approximate surface area is 143 Å². The number of carboxylic acid groups (broad SMARTS) is 1. The maximum absolute atomic E-state index is 12.8. The van der Waals surface area contributed by atoms with Crippen LogP contribution in [-0.2, 0) is 4.79 Å². The zero-order valence-electron chi connectivity index (χ0n) is 15.3. The summed E-state index contributed by atoms with van der Waals surface area (Å²) in [6, 6.07) is 0. The molecule has 1 N–H and O–H groups in total. The predicted octanol–water partition coefficient (Wildman–Crippen LogP) is 7.06. The first kappa shape index (κ1) is 22.4. The summed E-state index contributed by atoms with van der Waals surface area (Å²) >= 11 is 0. The lowest BCUT2D eigenvalue weighted by Crippen LogP contribution is -2.13. The SMILES string of the molecule is CCCCCCCCCCCCCCCCCC[C@@H](F)C(=O)O. The third kappa shape index (κ3) is 17.6. The number of carbonyl (C=O) groups is 1. The molecule has 0 fully saturated rings. The Bertz CT molecular complexity index is 256. The van der Waals surface area contributed by atoms with Gasteiger partial charge in [0.25, 0.3) is 0 Å². The van der Waals surface area contributed by atoms with E-state index in [0.29, 0.717) is 6.42 Å². The second-order valence-electron chi connectivity index (χ2n) is 6.90. The molecule has 0 aromatic rings. The lowest BCUT2D eigenvalue weighted by molar-refractivity contribution is -0.143. The highest BCUT2D eigenvalue weighted by Crippen LogP contribution is 2.14. The highest BCUT2D eigenvalue weighted by Gasteiger charge is 2.13. The minimum absolute atomic E-state index is 0.174. The summed E-state index contributed by atoms with van der Waals surface area (Å²) in [7, 11) is 0. The number of hydrogen-bond acceptors (Lipinski definition) is 1. The smallest absolute Gasteiger partial charge is 0.338 e. The number of carboxylic acids is 1. The normalized spacial score (nSPS) is 12.4. The van der Waals surface area contributed by atoms with Gasteiger partial charge in [-0.2, -0.15) is 0 Å². The minimum atomic E-state index is -1.67.